The Morgan fingerprint density at radius 2 is 2.08 bits per heavy atom. The van der Waals surface area contributed by atoms with Crippen molar-refractivity contribution in [1.29, 1.82) is 0 Å². The van der Waals surface area contributed by atoms with Gasteiger partial charge in [-0.1, -0.05) is 49.3 Å². The van der Waals surface area contributed by atoms with Crippen molar-refractivity contribution < 1.29 is 9.63 Å². The molecule has 1 saturated heterocycles. The molecule has 0 aliphatic carbocycles. The van der Waals surface area contributed by atoms with Crippen LogP contribution in [0, 0.1) is 5.92 Å². The molecule has 0 unspecified atom stereocenters. The van der Waals surface area contributed by atoms with Crippen LogP contribution in [0.5, 0.6) is 0 Å². The topological polar surface area (TPSA) is 62.4 Å². The van der Waals surface area contributed by atoms with E-state index in [1.165, 1.54) is 5.56 Å². The van der Waals surface area contributed by atoms with E-state index in [0.717, 1.165) is 17.9 Å². The van der Waals surface area contributed by atoms with Gasteiger partial charge in [0.2, 0.25) is 5.89 Å². The van der Waals surface area contributed by atoms with Crippen molar-refractivity contribution in [3.05, 3.63) is 47.6 Å². The first-order chi connectivity index (χ1) is 11.7. The van der Waals surface area contributed by atoms with Crippen molar-refractivity contribution in [3.63, 3.8) is 0 Å². The predicted molar refractivity (Wildman–Crippen MR) is 95.8 cm³/mol. The highest BCUT2D eigenvalue weighted by atomic mass is 32.2. The fraction of sp³-hybridized carbons (Fsp3) is 0.556. The molecule has 1 N–H and O–H groups in total. The minimum Gasteiger partial charge on any atom is -0.395 e. The Morgan fingerprint density at radius 1 is 1.29 bits per heavy atom. The Morgan fingerprint density at radius 3 is 2.79 bits per heavy atom. The molecule has 5 nitrogen and oxygen atoms in total. The second-order valence-corrected chi connectivity index (χ2v) is 7.75. The Balaban J connectivity index is 1.79. The molecule has 1 aromatic carbocycles. The van der Waals surface area contributed by atoms with Crippen molar-refractivity contribution in [1.82, 2.24) is 15.0 Å². The number of thioether (sulfide) groups is 1. The summed E-state index contributed by atoms with van der Waals surface area (Å²) in [7, 11) is 0. The van der Waals surface area contributed by atoms with E-state index in [1.807, 2.05) is 17.8 Å². The number of nitrogens with zero attached hydrogens (tertiary/aromatic N) is 3. The van der Waals surface area contributed by atoms with Gasteiger partial charge in [-0.15, -0.1) is 0 Å². The number of rotatable bonds is 6. The molecular weight excluding hydrogens is 322 g/mol. The van der Waals surface area contributed by atoms with E-state index in [1.54, 1.807) is 0 Å². The molecule has 130 valence electrons. The van der Waals surface area contributed by atoms with E-state index < -0.39 is 0 Å². The second-order valence-electron chi connectivity index (χ2n) is 6.67. The molecule has 0 radical (unpaired) electrons. The van der Waals surface area contributed by atoms with Crippen LogP contribution in [0.15, 0.2) is 34.9 Å². The van der Waals surface area contributed by atoms with Gasteiger partial charge >= 0.3 is 0 Å². The summed E-state index contributed by atoms with van der Waals surface area (Å²) in [6.07, 6.45) is 0.800. The second kappa shape index (κ2) is 8.14. The van der Waals surface area contributed by atoms with Crippen molar-refractivity contribution in [2.24, 2.45) is 5.92 Å². The van der Waals surface area contributed by atoms with Crippen molar-refractivity contribution in [2.75, 3.05) is 18.1 Å². The van der Waals surface area contributed by atoms with Gasteiger partial charge in [-0.3, -0.25) is 4.90 Å². The molecule has 6 heteroatoms. The first-order valence-corrected chi connectivity index (χ1v) is 9.63. The maximum atomic E-state index is 9.81. The van der Waals surface area contributed by atoms with Crippen LogP contribution >= 0.6 is 11.8 Å². The van der Waals surface area contributed by atoms with Crippen LogP contribution in [0.25, 0.3) is 0 Å². The predicted octanol–water partition coefficient (Wildman–Crippen LogP) is 2.92. The van der Waals surface area contributed by atoms with E-state index in [4.69, 9.17) is 4.52 Å². The zero-order chi connectivity index (χ0) is 16.9. The lowest BCUT2D eigenvalue weighted by Gasteiger charge is -2.40. The molecule has 0 amide bonds. The van der Waals surface area contributed by atoms with Gasteiger partial charge in [-0.25, -0.2) is 0 Å². The number of hydrogen-bond donors (Lipinski definition) is 1. The molecule has 24 heavy (non-hydrogen) atoms. The molecule has 2 aromatic rings. The number of aliphatic hydroxyl groups excluding tert-OH is 1. The molecule has 3 rings (SSSR count). The third-order valence-electron chi connectivity index (χ3n) is 4.27. The molecule has 2 atom stereocenters. The summed E-state index contributed by atoms with van der Waals surface area (Å²) in [5, 5.41) is 14.0. The molecule has 1 fully saturated rings. The molecule has 1 aromatic heterocycles. The van der Waals surface area contributed by atoms with Gasteiger partial charge < -0.3 is 9.63 Å². The van der Waals surface area contributed by atoms with Gasteiger partial charge in [0.25, 0.3) is 0 Å². The highest BCUT2D eigenvalue weighted by molar-refractivity contribution is 7.99. The molecule has 0 bridgehead atoms. The fourth-order valence-electron chi connectivity index (χ4n) is 3.07. The Kier molecular flexibility index (Phi) is 5.92. The summed E-state index contributed by atoms with van der Waals surface area (Å²) in [5.74, 6) is 3.83. The summed E-state index contributed by atoms with van der Waals surface area (Å²) in [5.41, 5.74) is 1.27. The highest BCUT2D eigenvalue weighted by Crippen LogP contribution is 2.33. The van der Waals surface area contributed by atoms with Gasteiger partial charge in [0.05, 0.1) is 13.2 Å². The average Bonchev–Trinajstić information content (AvgIpc) is 3.02. The van der Waals surface area contributed by atoms with E-state index >= 15 is 0 Å². The third kappa shape index (κ3) is 4.18. The first kappa shape index (κ1) is 17.5. The molecule has 1 aliphatic rings. The van der Waals surface area contributed by atoms with Gasteiger partial charge in [0.1, 0.15) is 0 Å². The van der Waals surface area contributed by atoms with Crippen molar-refractivity contribution in [2.45, 2.75) is 38.9 Å². The standard InChI is InChI=1S/C18H25N3O2S/c1-13(2)8-18-19-17(20-23-18)9-21-15(10-22)11-24-12-16(21)14-6-4-3-5-7-14/h3-7,13,15-16,22H,8-12H2,1-2H3/t15-,16-/m0/s1. The average molecular weight is 347 g/mol. The molecule has 1 aliphatic heterocycles. The van der Waals surface area contributed by atoms with Crippen LogP contribution in [0.4, 0.5) is 0 Å². The first-order valence-electron chi connectivity index (χ1n) is 8.48. The lowest BCUT2D eigenvalue weighted by molar-refractivity contribution is 0.0883. The maximum absolute atomic E-state index is 9.81. The van der Waals surface area contributed by atoms with Gasteiger partial charge in [0, 0.05) is 30.0 Å². The smallest absolute Gasteiger partial charge is 0.226 e. The Bertz CT molecular complexity index is 632. The quantitative estimate of drug-likeness (QED) is 0.867. The van der Waals surface area contributed by atoms with Crippen LogP contribution in [0.1, 0.15) is 37.2 Å². The SMILES string of the molecule is CC(C)Cc1nc(CN2[C@@H](CO)CSC[C@H]2c2ccccc2)no1. The summed E-state index contributed by atoms with van der Waals surface area (Å²) in [6, 6.07) is 10.8. The normalized spacial score (nSPS) is 22.2. The summed E-state index contributed by atoms with van der Waals surface area (Å²) >= 11 is 1.89. The Hall–Kier alpha value is -1.37. The van der Waals surface area contributed by atoms with Gasteiger partial charge in [-0.05, 0) is 11.5 Å². The van der Waals surface area contributed by atoms with E-state index in [2.05, 4.69) is 53.2 Å². The highest BCUT2D eigenvalue weighted by Gasteiger charge is 2.32. The van der Waals surface area contributed by atoms with Crippen LogP contribution in [0.2, 0.25) is 0 Å². The van der Waals surface area contributed by atoms with E-state index in [9.17, 15) is 5.11 Å². The Labute approximate surface area is 147 Å². The van der Waals surface area contributed by atoms with Crippen LogP contribution in [0.3, 0.4) is 0 Å². The lowest BCUT2D eigenvalue weighted by Crippen LogP contribution is -2.46. The zero-order valence-electron chi connectivity index (χ0n) is 14.3. The molecule has 2 heterocycles. The van der Waals surface area contributed by atoms with E-state index in [-0.39, 0.29) is 18.7 Å². The van der Waals surface area contributed by atoms with E-state index in [0.29, 0.717) is 24.2 Å². The maximum Gasteiger partial charge on any atom is 0.226 e. The number of aliphatic hydroxyl groups is 1. The van der Waals surface area contributed by atoms with Crippen molar-refractivity contribution in [3.8, 4) is 0 Å². The summed E-state index contributed by atoms with van der Waals surface area (Å²) in [6.45, 7) is 5.03. The number of hydrogen-bond acceptors (Lipinski definition) is 6. The monoisotopic (exact) mass is 347 g/mol. The summed E-state index contributed by atoms with van der Waals surface area (Å²) in [4.78, 5) is 6.85. The molecule has 0 spiro atoms. The van der Waals surface area contributed by atoms with Crippen LogP contribution < -0.4 is 0 Å². The van der Waals surface area contributed by atoms with Gasteiger partial charge in [-0.2, -0.15) is 16.7 Å². The lowest BCUT2D eigenvalue weighted by atomic mass is 10.0. The number of aromatic nitrogens is 2. The minimum absolute atomic E-state index is 0.112. The van der Waals surface area contributed by atoms with Crippen molar-refractivity contribution >= 4 is 11.8 Å². The third-order valence-corrected chi connectivity index (χ3v) is 5.44. The number of benzene rings is 1. The van der Waals surface area contributed by atoms with Crippen LogP contribution in [-0.2, 0) is 13.0 Å². The van der Waals surface area contributed by atoms with Crippen LogP contribution in [-0.4, -0.2) is 44.3 Å². The van der Waals surface area contributed by atoms with Gasteiger partial charge in [0.15, 0.2) is 5.82 Å². The summed E-state index contributed by atoms with van der Waals surface area (Å²) < 4.78 is 5.37. The molecule has 0 saturated carbocycles. The largest absolute Gasteiger partial charge is 0.395 e. The fourth-order valence-corrected chi connectivity index (χ4v) is 4.38. The molecular formula is C18H25N3O2S. The minimum atomic E-state index is 0.112. The zero-order valence-corrected chi connectivity index (χ0v) is 15.1.